The number of rotatable bonds is 7. The van der Waals surface area contributed by atoms with Gasteiger partial charge >= 0.3 is 0 Å². The van der Waals surface area contributed by atoms with Gasteiger partial charge < -0.3 is 19.7 Å². The van der Waals surface area contributed by atoms with Crippen LogP contribution < -0.4 is 14.8 Å². The fourth-order valence-electron chi connectivity index (χ4n) is 7.26. The number of fused-ring (bicyclic) bond motifs is 6. The molecule has 0 saturated carbocycles. The van der Waals surface area contributed by atoms with Crippen LogP contribution in [0.2, 0.25) is 0 Å². The summed E-state index contributed by atoms with van der Waals surface area (Å²) in [6.07, 6.45) is 3.80. The minimum Gasteiger partial charge on any atom is -0.497 e. The van der Waals surface area contributed by atoms with Gasteiger partial charge in [0.1, 0.15) is 23.0 Å². The maximum Gasteiger partial charge on any atom is 0.238 e. The van der Waals surface area contributed by atoms with Crippen molar-refractivity contribution in [3.63, 3.8) is 0 Å². The van der Waals surface area contributed by atoms with Crippen LogP contribution in [-0.2, 0) is 10.2 Å². The highest BCUT2D eigenvalue weighted by atomic mass is 16.5. The number of Topliss-reactive ketones (excluding diaryl/α,β-unsaturated/α-hetero) is 2. The van der Waals surface area contributed by atoms with Crippen molar-refractivity contribution >= 4 is 29.2 Å². The number of nitrogens with one attached hydrogen (secondary N) is 1. The van der Waals surface area contributed by atoms with Crippen molar-refractivity contribution < 1.29 is 23.9 Å². The molecule has 7 heteroatoms. The topological polar surface area (TPSA) is 84.9 Å². The van der Waals surface area contributed by atoms with Crippen LogP contribution >= 0.6 is 0 Å². The van der Waals surface area contributed by atoms with Gasteiger partial charge in [-0.05, 0) is 79.1 Å². The average Bonchev–Trinajstić information content (AvgIpc) is 3.52. The lowest BCUT2D eigenvalue weighted by Crippen LogP contribution is -2.49. The van der Waals surface area contributed by atoms with E-state index in [1.54, 1.807) is 55.6 Å². The van der Waals surface area contributed by atoms with Crippen LogP contribution in [0, 0.1) is 5.92 Å². The van der Waals surface area contributed by atoms with Gasteiger partial charge in [0, 0.05) is 23.0 Å². The molecule has 3 aliphatic heterocycles. The maximum atomic E-state index is 15.0. The molecule has 220 valence electrons. The number of hydrogen-bond donors (Lipinski definition) is 1. The maximum absolute atomic E-state index is 15.0. The summed E-state index contributed by atoms with van der Waals surface area (Å²) in [7, 11) is 1.55. The molecule has 0 aliphatic carbocycles. The molecule has 7 nitrogen and oxygen atoms in total. The highest BCUT2D eigenvalue weighted by Gasteiger charge is 2.70. The van der Waals surface area contributed by atoms with Gasteiger partial charge in [0.2, 0.25) is 5.91 Å². The summed E-state index contributed by atoms with van der Waals surface area (Å²) in [5.41, 5.74) is 2.62. The second kappa shape index (κ2) is 10.5. The van der Waals surface area contributed by atoms with Gasteiger partial charge in [0.25, 0.3) is 0 Å². The normalized spacial score (nSPS) is 22.8. The Morgan fingerprint density at radius 3 is 2.36 bits per heavy atom. The van der Waals surface area contributed by atoms with Crippen LogP contribution in [0.25, 0.3) is 6.08 Å². The minimum absolute atomic E-state index is 0.0269. The summed E-state index contributed by atoms with van der Waals surface area (Å²) < 4.78 is 11.3. The van der Waals surface area contributed by atoms with Gasteiger partial charge in [0.15, 0.2) is 11.6 Å². The van der Waals surface area contributed by atoms with Crippen LogP contribution in [0.4, 0.5) is 5.69 Å². The van der Waals surface area contributed by atoms with Crippen LogP contribution in [0.5, 0.6) is 11.5 Å². The zero-order valence-electron chi connectivity index (χ0n) is 24.7. The number of benzene rings is 4. The fourth-order valence-corrected chi connectivity index (χ4v) is 7.26. The SMILES string of the molecule is COc1cccc(C(=O)[C@H]2[C@@H](C(=O)c3ccc(OC(C)C)cc3)[C@@]3(C(=O)Nc4ccccc43)[C@H]3c4ccccc4C=CN23)c1. The Balaban J connectivity index is 1.48. The Bertz CT molecular complexity index is 1830. The van der Waals surface area contributed by atoms with E-state index in [9.17, 15) is 14.4 Å². The smallest absolute Gasteiger partial charge is 0.238 e. The van der Waals surface area contributed by atoms with Gasteiger partial charge in [-0.25, -0.2) is 0 Å². The number of carbonyl (C=O) groups excluding carboxylic acids is 3. The fraction of sp³-hybridized carbons (Fsp3) is 0.216. The third kappa shape index (κ3) is 4.07. The molecule has 0 aromatic heterocycles. The molecule has 1 N–H and O–H groups in total. The summed E-state index contributed by atoms with van der Waals surface area (Å²) in [5.74, 6) is -0.716. The molecule has 44 heavy (non-hydrogen) atoms. The van der Waals surface area contributed by atoms with E-state index in [0.29, 0.717) is 33.9 Å². The number of ketones is 2. The van der Waals surface area contributed by atoms with Gasteiger partial charge in [0.05, 0.1) is 25.2 Å². The third-order valence-electron chi connectivity index (χ3n) is 8.99. The summed E-state index contributed by atoms with van der Waals surface area (Å²) in [6, 6.07) is 27.7. The number of nitrogens with zero attached hydrogens (tertiary/aromatic N) is 1. The van der Waals surface area contributed by atoms with Crippen LogP contribution in [-0.4, -0.2) is 41.6 Å². The zero-order chi connectivity index (χ0) is 30.6. The van der Waals surface area contributed by atoms with Crippen LogP contribution in [0.1, 0.15) is 57.3 Å². The lowest BCUT2D eigenvalue weighted by Gasteiger charge is -2.38. The first-order valence-corrected chi connectivity index (χ1v) is 14.8. The predicted molar refractivity (Wildman–Crippen MR) is 168 cm³/mol. The largest absolute Gasteiger partial charge is 0.497 e. The van der Waals surface area contributed by atoms with Crippen molar-refractivity contribution in [2.24, 2.45) is 5.92 Å². The van der Waals surface area contributed by atoms with Gasteiger partial charge in [-0.15, -0.1) is 0 Å². The molecule has 1 fully saturated rings. The summed E-state index contributed by atoms with van der Waals surface area (Å²) in [6.45, 7) is 3.88. The molecule has 4 aromatic rings. The second-order valence-corrected chi connectivity index (χ2v) is 11.7. The number of methoxy groups -OCH3 is 1. The monoisotopic (exact) mass is 584 g/mol. The van der Waals surface area contributed by atoms with Crippen LogP contribution in [0.3, 0.4) is 0 Å². The van der Waals surface area contributed by atoms with Crippen molar-refractivity contribution in [1.29, 1.82) is 0 Å². The van der Waals surface area contributed by atoms with E-state index in [2.05, 4.69) is 5.32 Å². The van der Waals surface area contributed by atoms with Gasteiger partial charge in [-0.1, -0.05) is 54.6 Å². The number of hydrogen-bond acceptors (Lipinski definition) is 6. The van der Waals surface area contributed by atoms with Crippen molar-refractivity contribution in [3.05, 3.63) is 131 Å². The number of carbonyl (C=O) groups is 3. The highest BCUT2D eigenvalue weighted by molar-refractivity contribution is 6.16. The number of ether oxygens (including phenoxy) is 2. The van der Waals surface area contributed by atoms with Gasteiger partial charge in [-0.2, -0.15) is 0 Å². The summed E-state index contributed by atoms with van der Waals surface area (Å²) >= 11 is 0. The molecule has 0 bridgehead atoms. The molecule has 1 amide bonds. The van der Waals surface area contributed by atoms with Crippen molar-refractivity contribution in [2.75, 3.05) is 12.4 Å². The van der Waals surface area contributed by atoms with E-state index in [1.807, 2.05) is 79.6 Å². The Morgan fingerprint density at radius 1 is 0.841 bits per heavy atom. The lowest BCUT2D eigenvalue weighted by molar-refractivity contribution is -0.122. The molecule has 3 heterocycles. The highest BCUT2D eigenvalue weighted by Crippen LogP contribution is 2.62. The van der Waals surface area contributed by atoms with E-state index in [-0.39, 0.29) is 23.6 Å². The molecule has 0 unspecified atom stereocenters. The number of para-hydroxylation sites is 1. The predicted octanol–water partition coefficient (Wildman–Crippen LogP) is 6.46. The molecule has 1 spiro atoms. The van der Waals surface area contributed by atoms with E-state index >= 15 is 0 Å². The van der Waals surface area contributed by atoms with Crippen LogP contribution in [0.15, 0.2) is 103 Å². The molecule has 4 aromatic carbocycles. The van der Waals surface area contributed by atoms with E-state index in [0.717, 1.165) is 11.1 Å². The number of anilines is 1. The summed E-state index contributed by atoms with van der Waals surface area (Å²) in [4.78, 5) is 46.2. The quantitative estimate of drug-likeness (QED) is 0.251. The molecule has 4 atom stereocenters. The first-order valence-electron chi connectivity index (χ1n) is 14.8. The van der Waals surface area contributed by atoms with Crippen molar-refractivity contribution in [3.8, 4) is 11.5 Å². The summed E-state index contributed by atoms with van der Waals surface area (Å²) in [5, 5.41) is 3.09. The Morgan fingerprint density at radius 2 is 1.59 bits per heavy atom. The average molecular weight is 585 g/mol. The first kappa shape index (κ1) is 27.7. The Hall–Kier alpha value is -5.17. The minimum atomic E-state index is -1.39. The van der Waals surface area contributed by atoms with E-state index < -0.39 is 23.4 Å². The molecule has 7 rings (SSSR count). The van der Waals surface area contributed by atoms with E-state index in [4.69, 9.17) is 9.47 Å². The first-order chi connectivity index (χ1) is 21.3. The lowest BCUT2D eigenvalue weighted by atomic mass is 9.62. The molecular weight excluding hydrogens is 552 g/mol. The van der Waals surface area contributed by atoms with Crippen molar-refractivity contribution in [1.82, 2.24) is 4.90 Å². The third-order valence-corrected chi connectivity index (χ3v) is 8.99. The molecular formula is C37H32N2O5. The molecule has 3 aliphatic rings. The second-order valence-electron chi connectivity index (χ2n) is 11.7. The number of amides is 1. The van der Waals surface area contributed by atoms with Crippen molar-refractivity contribution in [2.45, 2.75) is 37.5 Å². The van der Waals surface area contributed by atoms with E-state index in [1.165, 1.54) is 0 Å². The Labute approximate surface area is 256 Å². The Kier molecular flexibility index (Phi) is 6.61. The van der Waals surface area contributed by atoms with Gasteiger partial charge in [-0.3, -0.25) is 14.4 Å². The zero-order valence-corrected chi connectivity index (χ0v) is 24.7. The molecule has 1 saturated heterocycles. The standard InChI is InChI=1S/C37H32N2O5/c1-22(2)44-26-17-15-24(16-18-26)33(40)31-32(34(41)25-10-8-11-27(21-25)43-3)39-20-19-23-9-4-5-12-28(23)35(39)37(31)29-13-6-7-14-30(29)38-36(37)42/h4-22,31-32,35H,1-3H3,(H,38,42)/t31-,32+,35+,37+/m0/s1. The molecule has 0 radical (unpaired) electrons.